The van der Waals surface area contributed by atoms with Gasteiger partial charge < -0.3 is 10.7 Å². The van der Waals surface area contributed by atoms with E-state index < -0.39 is 5.12 Å². The second-order valence-electron chi connectivity index (χ2n) is 4.05. The average molecular weight is 299 g/mol. The van der Waals surface area contributed by atoms with Crippen LogP contribution in [0.4, 0.5) is 0 Å². The number of rotatable bonds is 4. The SMILES string of the molecule is C=C1NN[C@@](NCc2ccc(Cl)cc2)(SC)NC1=O. The van der Waals surface area contributed by atoms with Gasteiger partial charge in [0.05, 0.1) is 0 Å². The van der Waals surface area contributed by atoms with Gasteiger partial charge >= 0.3 is 0 Å². The maximum absolute atomic E-state index is 11.6. The van der Waals surface area contributed by atoms with Crippen LogP contribution in [0.1, 0.15) is 5.56 Å². The van der Waals surface area contributed by atoms with Crippen LogP contribution < -0.4 is 21.5 Å². The molecule has 5 nitrogen and oxygen atoms in total. The number of thioether (sulfide) groups is 1. The Morgan fingerprint density at radius 3 is 2.68 bits per heavy atom. The number of hydrazine groups is 1. The van der Waals surface area contributed by atoms with Gasteiger partial charge in [-0.15, -0.1) is 11.8 Å². The molecule has 1 aromatic carbocycles. The van der Waals surface area contributed by atoms with Crippen LogP contribution in [0.3, 0.4) is 0 Å². The minimum Gasteiger partial charge on any atom is -0.313 e. The van der Waals surface area contributed by atoms with E-state index in [2.05, 4.69) is 28.1 Å². The Bertz CT molecular complexity index is 493. The van der Waals surface area contributed by atoms with E-state index in [1.165, 1.54) is 11.8 Å². The number of carbonyl (C=O) groups excluding carboxylic acids is 1. The van der Waals surface area contributed by atoms with E-state index in [1.807, 2.05) is 30.5 Å². The lowest BCUT2D eigenvalue weighted by Gasteiger charge is -2.39. The molecule has 1 atom stereocenters. The number of nitrogens with one attached hydrogen (secondary N) is 4. The van der Waals surface area contributed by atoms with Gasteiger partial charge in [0.2, 0.25) is 5.12 Å². The molecule has 1 amide bonds. The van der Waals surface area contributed by atoms with E-state index in [0.29, 0.717) is 11.6 Å². The third-order valence-electron chi connectivity index (χ3n) is 2.71. The molecule has 0 aliphatic carbocycles. The Balaban J connectivity index is 2.01. The highest BCUT2D eigenvalue weighted by Gasteiger charge is 2.35. The van der Waals surface area contributed by atoms with Gasteiger partial charge in [-0.05, 0) is 24.0 Å². The van der Waals surface area contributed by atoms with Gasteiger partial charge in [0.1, 0.15) is 5.70 Å². The fourth-order valence-corrected chi connectivity index (χ4v) is 2.27. The molecule has 1 heterocycles. The summed E-state index contributed by atoms with van der Waals surface area (Å²) < 4.78 is 0. The van der Waals surface area contributed by atoms with Crippen LogP contribution >= 0.6 is 23.4 Å². The van der Waals surface area contributed by atoms with Crippen molar-refractivity contribution in [1.82, 2.24) is 21.5 Å². The van der Waals surface area contributed by atoms with E-state index in [4.69, 9.17) is 11.6 Å². The second kappa shape index (κ2) is 5.83. The maximum atomic E-state index is 11.6. The summed E-state index contributed by atoms with van der Waals surface area (Å²) in [5.41, 5.74) is 7.10. The number of hydrogen-bond donors (Lipinski definition) is 4. The fraction of sp³-hybridized carbons (Fsp3) is 0.250. The summed E-state index contributed by atoms with van der Waals surface area (Å²) in [5, 5.41) is 6.00. The quantitative estimate of drug-likeness (QED) is 0.496. The Kier molecular flexibility index (Phi) is 4.36. The van der Waals surface area contributed by atoms with Gasteiger partial charge in [-0.3, -0.25) is 10.1 Å². The number of benzene rings is 1. The Morgan fingerprint density at radius 1 is 1.42 bits per heavy atom. The van der Waals surface area contributed by atoms with Gasteiger partial charge in [-0.25, -0.2) is 0 Å². The first-order valence-electron chi connectivity index (χ1n) is 5.64. The van der Waals surface area contributed by atoms with E-state index in [1.54, 1.807) is 0 Å². The van der Waals surface area contributed by atoms with Crippen molar-refractivity contribution in [3.63, 3.8) is 0 Å². The van der Waals surface area contributed by atoms with E-state index in [0.717, 1.165) is 5.56 Å². The van der Waals surface area contributed by atoms with Crippen LogP contribution in [0.5, 0.6) is 0 Å². The molecule has 4 N–H and O–H groups in total. The molecule has 1 fully saturated rings. The molecule has 102 valence electrons. The van der Waals surface area contributed by atoms with Crippen LogP contribution in [0, 0.1) is 0 Å². The highest BCUT2D eigenvalue weighted by molar-refractivity contribution is 7.99. The third kappa shape index (κ3) is 3.42. The first-order chi connectivity index (χ1) is 9.04. The summed E-state index contributed by atoms with van der Waals surface area (Å²) in [5.74, 6) is -0.239. The Labute approximate surface area is 121 Å². The molecular formula is C12H15ClN4OS. The van der Waals surface area contributed by atoms with Gasteiger partial charge in [0, 0.05) is 11.6 Å². The number of carbonyl (C=O) groups is 1. The van der Waals surface area contributed by atoms with Crippen molar-refractivity contribution in [2.45, 2.75) is 11.7 Å². The number of halogens is 1. The molecule has 0 saturated carbocycles. The van der Waals surface area contributed by atoms with E-state index in [-0.39, 0.29) is 11.6 Å². The number of amides is 1. The highest BCUT2D eigenvalue weighted by Crippen LogP contribution is 2.17. The summed E-state index contributed by atoms with van der Waals surface area (Å²) in [6, 6.07) is 7.52. The zero-order valence-corrected chi connectivity index (χ0v) is 12.0. The fourth-order valence-electron chi connectivity index (χ4n) is 1.58. The van der Waals surface area contributed by atoms with E-state index in [9.17, 15) is 4.79 Å². The topological polar surface area (TPSA) is 65.2 Å². The van der Waals surface area contributed by atoms with Crippen LogP contribution in [0.2, 0.25) is 5.02 Å². The van der Waals surface area contributed by atoms with Crippen LogP contribution in [-0.4, -0.2) is 17.3 Å². The zero-order valence-electron chi connectivity index (χ0n) is 10.4. The molecule has 1 saturated heterocycles. The van der Waals surface area contributed by atoms with Crippen molar-refractivity contribution in [1.29, 1.82) is 0 Å². The lowest BCUT2D eigenvalue weighted by Crippen LogP contribution is -2.72. The molecule has 19 heavy (non-hydrogen) atoms. The first kappa shape index (κ1) is 14.2. The van der Waals surface area contributed by atoms with Crippen LogP contribution in [0.25, 0.3) is 0 Å². The largest absolute Gasteiger partial charge is 0.313 e. The van der Waals surface area contributed by atoms with Gasteiger partial charge in [0.15, 0.2) is 0 Å². The molecule has 0 spiro atoms. The van der Waals surface area contributed by atoms with Crippen LogP contribution in [-0.2, 0) is 11.3 Å². The van der Waals surface area contributed by atoms with Crippen molar-refractivity contribution in [2.24, 2.45) is 0 Å². The Morgan fingerprint density at radius 2 is 2.11 bits per heavy atom. The summed E-state index contributed by atoms with van der Waals surface area (Å²) in [6.45, 7) is 4.17. The summed E-state index contributed by atoms with van der Waals surface area (Å²) in [7, 11) is 0. The average Bonchev–Trinajstić information content (AvgIpc) is 2.42. The molecule has 0 aromatic heterocycles. The molecule has 0 unspecified atom stereocenters. The minimum atomic E-state index is -0.766. The van der Waals surface area contributed by atoms with Crippen molar-refractivity contribution < 1.29 is 4.79 Å². The smallest absolute Gasteiger partial charge is 0.271 e. The summed E-state index contributed by atoms with van der Waals surface area (Å²) in [6.07, 6.45) is 1.89. The normalized spacial score (nSPS) is 22.8. The molecule has 2 rings (SSSR count). The summed E-state index contributed by atoms with van der Waals surface area (Å²) >= 11 is 7.27. The van der Waals surface area contributed by atoms with Gasteiger partial charge in [0.25, 0.3) is 5.91 Å². The Hall–Kier alpha value is -1.21. The van der Waals surface area contributed by atoms with Crippen molar-refractivity contribution in [2.75, 3.05) is 6.26 Å². The molecule has 1 aromatic rings. The maximum Gasteiger partial charge on any atom is 0.271 e. The first-order valence-corrected chi connectivity index (χ1v) is 7.24. The summed E-state index contributed by atoms with van der Waals surface area (Å²) in [4.78, 5) is 11.6. The lowest BCUT2D eigenvalue weighted by atomic mass is 10.2. The zero-order chi connectivity index (χ0) is 13.9. The van der Waals surface area contributed by atoms with Crippen molar-refractivity contribution in [3.8, 4) is 0 Å². The standard InChI is InChI=1S/C12H15ClN4OS/c1-8-11(18)15-12(19-2,17-16-8)14-7-9-3-5-10(13)6-4-9/h3-6,14,16-17H,1,7H2,2H3,(H,15,18)/t12-/m0/s1. The minimum absolute atomic E-state index is 0.239. The second-order valence-corrected chi connectivity index (χ2v) is 5.51. The predicted molar refractivity (Wildman–Crippen MR) is 78.1 cm³/mol. The number of hydrogen-bond acceptors (Lipinski definition) is 5. The monoisotopic (exact) mass is 298 g/mol. The van der Waals surface area contributed by atoms with Crippen LogP contribution in [0.15, 0.2) is 36.5 Å². The van der Waals surface area contributed by atoms with Crippen molar-refractivity contribution >= 4 is 29.3 Å². The van der Waals surface area contributed by atoms with Crippen molar-refractivity contribution in [3.05, 3.63) is 47.1 Å². The third-order valence-corrected chi connectivity index (χ3v) is 3.93. The molecule has 1 aliphatic heterocycles. The van der Waals surface area contributed by atoms with E-state index >= 15 is 0 Å². The molecule has 0 radical (unpaired) electrons. The lowest BCUT2D eigenvalue weighted by molar-refractivity contribution is -0.121. The molecular weight excluding hydrogens is 284 g/mol. The molecule has 1 aliphatic rings. The van der Waals surface area contributed by atoms with Gasteiger partial charge in [-0.1, -0.05) is 30.3 Å². The van der Waals surface area contributed by atoms with Gasteiger partial charge in [-0.2, -0.15) is 5.43 Å². The molecule has 0 bridgehead atoms. The molecule has 7 heteroatoms. The predicted octanol–water partition coefficient (Wildman–Crippen LogP) is 1.14. The highest BCUT2D eigenvalue weighted by atomic mass is 35.5.